The number of carbonyl (C=O) groups excluding carboxylic acids is 1. The molecule has 1 aliphatic rings. The van der Waals surface area contributed by atoms with E-state index in [0.717, 1.165) is 53.5 Å². The van der Waals surface area contributed by atoms with E-state index >= 15 is 0 Å². The Kier molecular flexibility index (Phi) is 7.01. The predicted octanol–water partition coefficient (Wildman–Crippen LogP) is 6.23. The summed E-state index contributed by atoms with van der Waals surface area (Å²) in [5, 5.41) is 3.81. The molecular formula is C23H31ClN2O. The van der Waals surface area contributed by atoms with Gasteiger partial charge >= 0.3 is 0 Å². The Hall–Kier alpha value is -1.74. The molecule has 146 valence electrons. The van der Waals surface area contributed by atoms with E-state index in [4.69, 9.17) is 11.6 Å². The van der Waals surface area contributed by atoms with E-state index in [-0.39, 0.29) is 5.91 Å². The molecule has 0 bridgehead atoms. The van der Waals surface area contributed by atoms with Crippen LogP contribution in [0.5, 0.6) is 0 Å². The first-order chi connectivity index (χ1) is 13.1. The van der Waals surface area contributed by atoms with Gasteiger partial charge in [-0.25, -0.2) is 0 Å². The van der Waals surface area contributed by atoms with Crippen molar-refractivity contribution >= 4 is 17.5 Å². The quantitative estimate of drug-likeness (QED) is 0.562. The molecule has 0 radical (unpaired) electrons. The van der Waals surface area contributed by atoms with Crippen LogP contribution < -0.4 is 5.32 Å². The third-order valence-corrected chi connectivity index (χ3v) is 5.98. The number of rotatable bonds is 7. The Morgan fingerprint density at radius 2 is 1.89 bits per heavy atom. The van der Waals surface area contributed by atoms with Gasteiger partial charge in [0.2, 0.25) is 0 Å². The normalized spacial score (nSPS) is 15.1. The van der Waals surface area contributed by atoms with Crippen molar-refractivity contribution in [1.82, 2.24) is 9.88 Å². The van der Waals surface area contributed by atoms with Gasteiger partial charge in [-0.05, 0) is 55.9 Å². The Morgan fingerprint density at radius 3 is 2.56 bits per heavy atom. The zero-order valence-corrected chi connectivity index (χ0v) is 17.3. The summed E-state index contributed by atoms with van der Waals surface area (Å²) >= 11 is 6.08. The van der Waals surface area contributed by atoms with Crippen molar-refractivity contribution in [3.8, 4) is 11.3 Å². The number of unbranched alkanes of at least 4 members (excludes halogenated alkanes) is 1. The van der Waals surface area contributed by atoms with Gasteiger partial charge in [-0.15, -0.1) is 0 Å². The average molecular weight is 387 g/mol. The van der Waals surface area contributed by atoms with E-state index in [9.17, 15) is 4.79 Å². The van der Waals surface area contributed by atoms with Crippen LogP contribution in [0.25, 0.3) is 11.3 Å². The van der Waals surface area contributed by atoms with Crippen LogP contribution in [0.1, 0.15) is 67.9 Å². The predicted molar refractivity (Wildman–Crippen MR) is 113 cm³/mol. The van der Waals surface area contributed by atoms with E-state index in [2.05, 4.69) is 29.8 Å². The van der Waals surface area contributed by atoms with Gasteiger partial charge in [0.25, 0.3) is 5.91 Å². The maximum Gasteiger partial charge on any atom is 0.253 e. The van der Waals surface area contributed by atoms with Gasteiger partial charge in [0.05, 0.1) is 5.56 Å². The number of benzene rings is 1. The van der Waals surface area contributed by atoms with Crippen molar-refractivity contribution in [2.45, 2.75) is 65.3 Å². The second-order valence-electron chi connectivity index (χ2n) is 7.76. The molecule has 1 saturated carbocycles. The number of halogens is 1. The summed E-state index contributed by atoms with van der Waals surface area (Å²) in [7, 11) is 0. The fraction of sp³-hybridized carbons (Fsp3) is 0.522. The Labute approximate surface area is 168 Å². The van der Waals surface area contributed by atoms with Crippen LogP contribution in [0.2, 0.25) is 5.02 Å². The number of aromatic nitrogens is 1. The molecule has 2 aromatic rings. The lowest BCUT2D eigenvalue weighted by Crippen LogP contribution is -2.25. The molecule has 3 rings (SSSR count). The lowest BCUT2D eigenvalue weighted by atomic mass is 9.89. The third kappa shape index (κ3) is 4.95. The highest BCUT2D eigenvalue weighted by molar-refractivity contribution is 6.30. The molecule has 0 unspecified atom stereocenters. The van der Waals surface area contributed by atoms with Gasteiger partial charge < -0.3 is 9.88 Å². The molecule has 1 aromatic carbocycles. The van der Waals surface area contributed by atoms with E-state index in [1.54, 1.807) is 0 Å². The van der Waals surface area contributed by atoms with Gasteiger partial charge in [0.15, 0.2) is 0 Å². The molecule has 0 atom stereocenters. The fourth-order valence-electron chi connectivity index (χ4n) is 4.07. The first-order valence-electron chi connectivity index (χ1n) is 10.3. The Bertz CT molecular complexity index is 757. The van der Waals surface area contributed by atoms with E-state index < -0.39 is 0 Å². The van der Waals surface area contributed by atoms with E-state index in [1.165, 1.54) is 32.1 Å². The second kappa shape index (κ2) is 9.45. The lowest BCUT2D eigenvalue weighted by Gasteiger charge is -2.24. The van der Waals surface area contributed by atoms with Crippen molar-refractivity contribution in [3.63, 3.8) is 0 Å². The standard InChI is InChI=1S/C23H31ClN2O/c1-3-4-14-25-23(27)21-15-22(19-10-12-20(24)13-11-19)26(17(21)2)16-18-8-6-5-7-9-18/h10-13,15,18H,3-9,14,16H2,1-2H3,(H,25,27). The summed E-state index contributed by atoms with van der Waals surface area (Å²) in [6.07, 6.45) is 8.68. The molecule has 0 saturated heterocycles. The van der Waals surface area contributed by atoms with Crippen LogP contribution in [0.3, 0.4) is 0 Å². The minimum atomic E-state index is 0.0403. The Morgan fingerprint density at radius 1 is 1.19 bits per heavy atom. The average Bonchev–Trinajstić information content (AvgIpc) is 3.00. The highest BCUT2D eigenvalue weighted by Gasteiger charge is 2.21. The first-order valence-corrected chi connectivity index (χ1v) is 10.7. The summed E-state index contributed by atoms with van der Waals surface area (Å²) in [6, 6.07) is 10.00. The highest BCUT2D eigenvalue weighted by atomic mass is 35.5. The molecule has 27 heavy (non-hydrogen) atoms. The molecular weight excluding hydrogens is 356 g/mol. The molecule has 0 spiro atoms. The zero-order chi connectivity index (χ0) is 19.2. The summed E-state index contributed by atoms with van der Waals surface area (Å²) in [4.78, 5) is 12.7. The van der Waals surface area contributed by atoms with Crippen molar-refractivity contribution in [1.29, 1.82) is 0 Å². The van der Waals surface area contributed by atoms with Crippen molar-refractivity contribution in [3.05, 3.63) is 46.6 Å². The summed E-state index contributed by atoms with van der Waals surface area (Å²) < 4.78 is 2.36. The molecule has 1 heterocycles. The summed E-state index contributed by atoms with van der Waals surface area (Å²) in [5.74, 6) is 0.741. The number of hydrogen-bond donors (Lipinski definition) is 1. The lowest BCUT2D eigenvalue weighted by molar-refractivity contribution is 0.0952. The molecule has 1 N–H and O–H groups in total. The first kappa shape index (κ1) is 20.0. The number of amides is 1. The highest BCUT2D eigenvalue weighted by Crippen LogP contribution is 2.31. The second-order valence-corrected chi connectivity index (χ2v) is 8.20. The summed E-state index contributed by atoms with van der Waals surface area (Å²) in [6.45, 7) is 5.94. The van der Waals surface area contributed by atoms with Crippen LogP contribution in [0.15, 0.2) is 30.3 Å². The van der Waals surface area contributed by atoms with E-state index in [1.807, 2.05) is 24.3 Å². The Balaban J connectivity index is 1.92. The van der Waals surface area contributed by atoms with Gasteiger partial charge in [0, 0.05) is 29.5 Å². The largest absolute Gasteiger partial charge is 0.352 e. The third-order valence-electron chi connectivity index (χ3n) is 5.73. The number of carbonyl (C=O) groups is 1. The number of nitrogens with one attached hydrogen (secondary N) is 1. The van der Waals surface area contributed by atoms with Gasteiger partial charge in [0.1, 0.15) is 0 Å². The topological polar surface area (TPSA) is 34.0 Å². The van der Waals surface area contributed by atoms with Crippen LogP contribution in [-0.2, 0) is 6.54 Å². The van der Waals surface area contributed by atoms with Crippen LogP contribution in [-0.4, -0.2) is 17.0 Å². The number of nitrogens with zero attached hydrogens (tertiary/aromatic N) is 1. The van der Waals surface area contributed by atoms with Crippen molar-refractivity contribution in [2.24, 2.45) is 5.92 Å². The minimum absolute atomic E-state index is 0.0403. The van der Waals surface area contributed by atoms with Crippen molar-refractivity contribution in [2.75, 3.05) is 6.54 Å². The summed E-state index contributed by atoms with van der Waals surface area (Å²) in [5.41, 5.74) is 4.10. The molecule has 1 fully saturated rings. The molecule has 4 heteroatoms. The van der Waals surface area contributed by atoms with Crippen LogP contribution >= 0.6 is 11.6 Å². The van der Waals surface area contributed by atoms with Crippen LogP contribution in [0.4, 0.5) is 0 Å². The zero-order valence-electron chi connectivity index (χ0n) is 16.6. The fourth-order valence-corrected chi connectivity index (χ4v) is 4.20. The molecule has 0 aliphatic heterocycles. The smallest absolute Gasteiger partial charge is 0.253 e. The van der Waals surface area contributed by atoms with Gasteiger partial charge in [-0.2, -0.15) is 0 Å². The minimum Gasteiger partial charge on any atom is -0.352 e. The van der Waals surface area contributed by atoms with Gasteiger partial charge in [-0.3, -0.25) is 4.79 Å². The molecule has 1 aliphatic carbocycles. The van der Waals surface area contributed by atoms with E-state index in [0.29, 0.717) is 5.92 Å². The van der Waals surface area contributed by atoms with Gasteiger partial charge in [-0.1, -0.05) is 56.3 Å². The van der Waals surface area contributed by atoms with Crippen molar-refractivity contribution < 1.29 is 4.79 Å². The van der Waals surface area contributed by atoms with Crippen LogP contribution in [0, 0.1) is 12.8 Å². The maximum atomic E-state index is 12.7. The maximum absolute atomic E-state index is 12.7. The SMILES string of the molecule is CCCCNC(=O)c1cc(-c2ccc(Cl)cc2)n(CC2CCCCC2)c1C. The molecule has 1 aromatic heterocycles. The monoisotopic (exact) mass is 386 g/mol. The molecule has 1 amide bonds. The molecule has 3 nitrogen and oxygen atoms in total. The number of hydrogen-bond acceptors (Lipinski definition) is 1.